The van der Waals surface area contributed by atoms with Crippen LogP contribution in [0.15, 0.2) is 23.0 Å². The maximum Gasteiger partial charge on any atom is 0.258 e. The van der Waals surface area contributed by atoms with Gasteiger partial charge in [-0.2, -0.15) is 4.98 Å². The highest BCUT2D eigenvalue weighted by Crippen LogP contribution is 2.32. The summed E-state index contributed by atoms with van der Waals surface area (Å²) in [4.78, 5) is 47.3. The number of carbonyl (C=O) groups excluding carboxylic acids is 2. The molecular weight excluding hydrogens is 429 g/mol. The van der Waals surface area contributed by atoms with Crippen molar-refractivity contribution in [2.75, 3.05) is 28.6 Å². The van der Waals surface area contributed by atoms with Gasteiger partial charge in [0, 0.05) is 24.5 Å². The maximum atomic E-state index is 12.9. The van der Waals surface area contributed by atoms with Gasteiger partial charge >= 0.3 is 0 Å². The van der Waals surface area contributed by atoms with Crippen LogP contribution in [0.4, 0.5) is 17.5 Å². The Kier molecular flexibility index (Phi) is 5.71. The van der Waals surface area contributed by atoms with Crippen molar-refractivity contribution in [3.8, 4) is 0 Å². The van der Waals surface area contributed by atoms with E-state index >= 15 is 0 Å². The number of halogens is 2. The van der Waals surface area contributed by atoms with E-state index in [9.17, 15) is 14.4 Å². The normalized spacial score (nSPS) is 21.0. The minimum atomic E-state index is -0.980. The zero-order chi connectivity index (χ0) is 21.4. The van der Waals surface area contributed by atoms with E-state index < -0.39 is 17.4 Å². The van der Waals surface area contributed by atoms with Gasteiger partial charge in [-0.3, -0.25) is 19.4 Å². The van der Waals surface area contributed by atoms with Crippen molar-refractivity contribution in [2.24, 2.45) is 5.92 Å². The lowest BCUT2D eigenvalue weighted by molar-refractivity contribution is -0.123. The number of hydrogen-bond acceptors (Lipinski definition) is 5. The van der Waals surface area contributed by atoms with Crippen molar-refractivity contribution in [3.63, 3.8) is 0 Å². The molecule has 3 N–H and O–H groups in total. The van der Waals surface area contributed by atoms with E-state index in [0.29, 0.717) is 22.6 Å². The Morgan fingerprint density at radius 1 is 1.30 bits per heavy atom. The van der Waals surface area contributed by atoms with Crippen LogP contribution in [-0.4, -0.2) is 34.9 Å². The zero-order valence-corrected chi connectivity index (χ0v) is 17.8. The van der Waals surface area contributed by atoms with E-state index in [1.807, 2.05) is 4.90 Å². The lowest BCUT2D eigenvalue weighted by atomic mass is 9.92. The third-order valence-corrected chi connectivity index (χ3v) is 5.95. The summed E-state index contributed by atoms with van der Waals surface area (Å²) in [7, 11) is 0. The number of rotatable bonds is 3. The Hall–Kier alpha value is -2.58. The van der Waals surface area contributed by atoms with Crippen molar-refractivity contribution < 1.29 is 9.59 Å². The van der Waals surface area contributed by atoms with E-state index in [4.69, 9.17) is 23.2 Å². The van der Waals surface area contributed by atoms with Crippen molar-refractivity contribution in [1.82, 2.24) is 9.97 Å². The first kappa shape index (κ1) is 20.7. The minimum Gasteiger partial charge on any atom is -0.342 e. The number of anilines is 3. The standard InChI is InChI=1S/C20H21Cl2N5O3/c1-10-3-2-6-27(9-10)20-25-17-16(19(30)26-20)12(8-15(28)24-17)18(29)23-14-5-4-11(21)7-13(14)22/h4-5,7,10,12H,2-3,6,8-9H2,1H3,(H,23,29)(H2,24,25,26,28,30)/t10-,12-/m0/s1. The van der Waals surface area contributed by atoms with E-state index in [2.05, 4.69) is 27.5 Å². The number of nitrogens with one attached hydrogen (secondary N) is 3. The number of carbonyl (C=O) groups is 2. The summed E-state index contributed by atoms with van der Waals surface area (Å²) in [6.07, 6.45) is 1.97. The minimum absolute atomic E-state index is 0.130. The van der Waals surface area contributed by atoms with E-state index in [1.54, 1.807) is 12.1 Å². The molecule has 2 amide bonds. The molecule has 158 valence electrons. The molecule has 2 aliphatic rings. The molecule has 0 bridgehead atoms. The predicted molar refractivity (Wildman–Crippen MR) is 117 cm³/mol. The summed E-state index contributed by atoms with van der Waals surface area (Å²) in [5.41, 5.74) is 0.0588. The number of fused-ring (bicyclic) bond motifs is 1. The highest BCUT2D eigenvalue weighted by atomic mass is 35.5. The molecule has 0 unspecified atom stereocenters. The highest BCUT2D eigenvalue weighted by Gasteiger charge is 2.35. The number of benzene rings is 1. The zero-order valence-electron chi connectivity index (χ0n) is 16.3. The van der Waals surface area contributed by atoms with Crippen LogP contribution in [0.5, 0.6) is 0 Å². The average molecular weight is 450 g/mol. The predicted octanol–water partition coefficient (Wildman–Crippen LogP) is 3.38. The number of piperidine rings is 1. The summed E-state index contributed by atoms with van der Waals surface area (Å²) in [5, 5.41) is 6.01. The molecule has 4 rings (SSSR count). The highest BCUT2D eigenvalue weighted by molar-refractivity contribution is 6.36. The monoisotopic (exact) mass is 449 g/mol. The SMILES string of the molecule is C[C@H]1CCCN(c2nc3c(c(=O)[nH]2)[C@@H](C(=O)Nc2ccc(Cl)cc2Cl)CC(=O)N3)C1. The average Bonchev–Trinajstić information content (AvgIpc) is 2.69. The third-order valence-electron chi connectivity index (χ3n) is 5.40. The number of amides is 2. The van der Waals surface area contributed by atoms with Gasteiger partial charge in [-0.15, -0.1) is 0 Å². The van der Waals surface area contributed by atoms with Gasteiger partial charge < -0.3 is 15.5 Å². The summed E-state index contributed by atoms with van der Waals surface area (Å²) >= 11 is 12.0. The van der Waals surface area contributed by atoms with Gasteiger partial charge in [-0.05, 0) is 37.0 Å². The lowest BCUT2D eigenvalue weighted by Gasteiger charge is -2.32. The van der Waals surface area contributed by atoms with Crippen molar-refractivity contribution in [2.45, 2.75) is 32.1 Å². The molecule has 1 saturated heterocycles. The van der Waals surface area contributed by atoms with Crippen LogP contribution in [0.3, 0.4) is 0 Å². The second-order valence-electron chi connectivity index (χ2n) is 7.76. The Labute approximate surface area is 183 Å². The van der Waals surface area contributed by atoms with Crippen LogP contribution in [0.25, 0.3) is 0 Å². The van der Waals surface area contributed by atoms with Crippen LogP contribution < -0.4 is 21.1 Å². The summed E-state index contributed by atoms with van der Waals surface area (Å²) in [5.74, 6) is -0.843. The number of nitrogens with zero attached hydrogens (tertiary/aromatic N) is 2. The largest absolute Gasteiger partial charge is 0.342 e. The molecule has 10 heteroatoms. The smallest absolute Gasteiger partial charge is 0.258 e. The van der Waals surface area contributed by atoms with Crippen LogP contribution in [0.1, 0.15) is 37.7 Å². The first-order chi connectivity index (χ1) is 14.3. The van der Waals surface area contributed by atoms with E-state index in [-0.39, 0.29) is 28.7 Å². The fourth-order valence-electron chi connectivity index (χ4n) is 3.93. The van der Waals surface area contributed by atoms with Crippen molar-refractivity contribution >= 4 is 52.5 Å². The van der Waals surface area contributed by atoms with Gasteiger partial charge in [-0.1, -0.05) is 30.1 Å². The van der Waals surface area contributed by atoms with Crippen molar-refractivity contribution in [3.05, 3.63) is 44.2 Å². The molecule has 1 aromatic heterocycles. The second kappa shape index (κ2) is 8.28. The molecule has 2 aliphatic heterocycles. The Morgan fingerprint density at radius 3 is 2.83 bits per heavy atom. The molecule has 8 nitrogen and oxygen atoms in total. The number of hydrogen-bond donors (Lipinski definition) is 3. The lowest BCUT2D eigenvalue weighted by Crippen LogP contribution is -2.40. The first-order valence-electron chi connectivity index (χ1n) is 9.76. The van der Waals surface area contributed by atoms with E-state index in [0.717, 1.165) is 25.9 Å². The summed E-state index contributed by atoms with van der Waals surface area (Å²) in [6, 6.07) is 4.65. The summed E-state index contributed by atoms with van der Waals surface area (Å²) < 4.78 is 0. The molecule has 1 fully saturated rings. The molecule has 1 aromatic carbocycles. The third kappa shape index (κ3) is 4.15. The fraction of sp³-hybridized carbons (Fsp3) is 0.400. The molecule has 2 atom stereocenters. The molecule has 0 aliphatic carbocycles. The van der Waals surface area contributed by atoms with Crippen LogP contribution in [-0.2, 0) is 9.59 Å². The molecule has 0 spiro atoms. The topological polar surface area (TPSA) is 107 Å². The van der Waals surface area contributed by atoms with Gasteiger partial charge in [0.15, 0.2) is 0 Å². The molecular formula is C20H21Cl2N5O3. The van der Waals surface area contributed by atoms with Crippen molar-refractivity contribution in [1.29, 1.82) is 0 Å². The number of H-pyrrole nitrogens is 1. The van der Waals surface area contributed by atoms with E-state index in [1.165, 1.54) is 6.07 Å². The summed E-state index contributed by atoms with van der Waals surface area (Å²) in [6.45, 7) is 3.69. The Balaban J connectivity index is 1.65. The van der Waals surface area contributed by atoms with Gasteiger partial charge in [0.2, 0.25) is 17.8 Å². The number of aromatic nitrogens is 2. The van der Waals surface area contributed by atoms with Crippen LogP contribution in [0.2, 0.25) is 10.0 Å². The molecule has 2 aromatic rings. The molecule has 3 heterocycles. The number of aromatic amines is 1. The van der Waals surface area contributed by atoms with Crippen LogP contribution >= 0.6 is 23.2 Å². The molecule has 0 radical (unpaired) electrons. The quantitative estimate of drug-likeness (QED) is 0.665. The fourth-order valence-corrected chi connectivity index (χ4v) is 4.38. The Bertz CT molecular complexity index is 1070. The van der Waals surface area contributed by atoms with Gasteiger partial charge in [-0.25, -0.2) is 0 Å². The second-order valence-corrected chi connectivity index (χ2v) is 8.61. The van der Waals surface area contributed by atoms with Gasteiger partial charge in [0.25, 0.3) is 5.56 Å². The van der Waals surface area contributed by atoms with Crippen LogP contribution in [0, 0.1) is 5.92 Å². The first-order valence-corrected chi connectivity index (χ1v) is 10.5. The van der Waals surface area contributed by atoms with Gasteiger partial charge in [0.05, 0.1) is 22.2 Å². The molecule has 0 saturated carbocycles. The Morgan fingerprint density at radius 2 is 2.10 bits per heavy atom. The maximum absolute atomic E-state index is 12.9. The van der Waals surface area contributed by atoms with Gasteiger partial charge in [0.1, 0.15) is 5.82 Å². The molecule has 30 heavy (non-hydrogen) atoms.